The predicted octanol–water partition coefficient (Wildman–Crippen LogP) is 3.36. The first-order valence-corrected chi connectivity index (χ1v) is 6.82. The second-order valence-electron chi connectivity index (χ2n) is 5.13. The summed E-state index contributed by atoms with van der Waals surface area (Å²) in [5.41, 5.74) is -0.419. The van der Waals surface area contributed by atoms with Gasteiger partial charge in [0.25, 0.3) is 0 Å². The molecule has 0 unspecified atom stereocenters. The molecule has 0 aliphatic carbocycles. The molecule has 1 N–H and O–H groups in total. The van der Waals surface area contributed by atoms with Crippen molar-refractivity contribution in [2.75, 3.05) is 4.43 Å². The molecule has 0 aromatic heterocycles. The summed E-state index contributed by atoms with van der Waals surface area (Å²) < 4.78 is 6.11. The molecule has 0 radical (unpaired) electrons. The van der Waals surface area contributed by atoms with Gasteiger partial charge in [0.15, 0.2) is 0 Å². The maximum atomic E-state index is 11.5. The number of carbonyl (C=O) groups excluding carboxylic acids is 1. The van der Waals surface area contributed by atoms with E-state index in [-0.39, 0.29) is 12.1 Å². The first kappa shape index (κ1) is 15.0. The molecule has 0 bridgehead atoms. The van der Waals surface area contributed by atoms with Crippen molar-refractivity contribution in [2.24, 2.45) is 5.92 Å². The first-order chi connectivity index (χ1) is 6.74. The topological polar surface area (TPSA) is 38.3 Å². The highest BCUT2D eigenvalue weighted by atomic mass is 127. The Kier molecular flexibility index (Phi) is 6.55. The van der Waals surface area contributed by atoms with Crippen molar-refractivity contribution in [3.63, 3.8) is 0 Å². The molecule has 0 saturated carbocycles. The summed E-state index contributed by atoms with van der Waals surface area (Å²) in [5.74, 6) is 0.583. The smallest absolute Gasteiger partial charge is 0.407 e. The summed E-state index contributed by atoms with van der Waals surface area (Å²) >= 11 is 2.28. The maximum Gasteiger partial charge on any atom is 0.407 e. The van der Waals surface area contributed by atoms with E-state index < -0.39 is 5.60 Å². The molecule has 0 saturated heterocycles. The summed E-state index contributed by atoms with van der Waals surface area (Å²) in [6, 6.07) is 0.209. The fourth-order valence-electron chi connectivity index (χ4n) is 1.20. The quantitative estimate of drug-likeness (QED) is 0.635. The fourth-order valence-corrected chi connectivity index (χ4v) is 1.78. The molecule has 15 heavy (non-hydrogen) atoms. The lowest BCUT2D eigenvalue weighted by molar-refractivity contribution is 0.0505. The van der Waals surface area contributed by atoms with Gasteiger partial charge < -0.3 is 10.1 Å². The van der Waals surface area contributed by atoms with E-state index in [2.05, 4.69) is 41.8 Å². The van der Waals surface area contributed by atoms with Gasteiger partial charge in [-0.2, -0.15) is 0 Å². The molecule has 0 fully saturated rings. The molecular weight excluding hydrogens is 305 g/mol. The Morgan fingerprint density at radius 1 is 1.40 bits per heavy atom. The second-order valence-corrected chi connectivity index (χ2v) is 6.01. The Labute approximate surface area is 106 Å². The zero-order valence-corrected chi connectivity index (χ0v) is 12.4. The van der Waals surface area contributed by atoms with E-state index in [1.54, 1.807) is 0 Å². The third-order valence-electron chi connectivity index (χ3n) is 1.66. The number of alkyl carbamates (subject to hydrolysis) is 1. The third kappa shape index (κ3) is 8.96. The van der Waals surface area contributed by atoms with E-state index in [9.17, 15) is 4.79 Å². The van der Waals surface area contributed by atoms with Crippen molar-refractivity contribution in [2.45, 2.75) is 52.7 Å². The van der Waals surface area contributed by atoms with Gasteiger partial charge in [-0.1, -0.05) is 36.4 Å². The molecule has 0 aliphatic rings. The number of nitrogens with one attached hydrogen (secondary N) is 1. The standard InChI is InChI=1S/C11H22INO2/c1-8(2)6-9(7-12)13-10(14)15-11(3,4)5/h8-9H,6-7H2,1-5H3,(H,13,14)/t9-/m1/s1. The zero-order valence-electron chi connectivity index (χ0n) is 10.3. The minimum absolute atomic E-state index is 0.209. The molecule has 0 heterocycles. The number of rotatable bonds is 4. The largest absolute Gasteiger partial charge is 0.444 e. The number of halogens is 1. The molecule has 0 rings (SSSR count). The van der Waals surface area contributed by atoms with Gasteiger partial charge in [-0.25, -0.2) is 4.79 Å². The van der Waals surface area contributed by atoms with Crippen LogP contribution < -0.4 is 5.32 Å². The summed E-state index contributed by atoms with van der Waals surface area (Å²) in [6.45, 7) is 9.91. The van der Waals surface area contributed by atoms with Gasteiger partial charge in [0.2, 0.25) is 0 Å². The van der Waals surface area contributed by atoms with E-state index in [0.29, 0.717) is 5.92 Å². The van der Waals surface area contributed by atoms with Crippen LogP contribution in [0, 0.1) is 5.92 Å². The lowest BCUT2D eigenvalue weighted by Crippen LogP contribution is -2.40. The minimum atomic E-state index is -0.419. The van der Waals surface area contributed by atoms with Gasteiger partial charge in [-0.15, -0.1) is 0 Å². The molecule has 0 aromatic rings. The highest BCUT2D eigenvalue weighted by Crippen LogP contribution is 2.10. The Morgan fingerprint density at radius 3 is 2.27 bits per heavy atom. The van der Waals surface area contributed by atoms with E-state index in [1.165, 1.54) is 0 Å². The number of carbonyl (C=O) groups is 1. The van der Waals surface area contributed by atoms with Crippen molar-refractivity contribution in [1.82, 2.24) is 5.32 Å². The molecule has 4 heteroatoms. The van der Waals surface area contributed by atoms with Crippen LogP contribution in [0.5, 0.6) is 0 Å². The van der Waals surface area contributed by atoms with Crippen LogP contribution in [0.25, 0.3) is 0 Å². The SMILES string of the molecule is CC(C)C[C@H](CI)NC(=O)OC(C)(C)C. The molecule has 0 aromatic carbocycles. The predicted molar refractivity (Wildman–Crippen MR) is 71.5 cm³/mol. The summed E-state index contributed by atoms with van der Waals surface area (Å²) in [7, 11) is 0. The van der Waals surface area contributed by atoms with Gasteiger partial charge >= 0.3 is 6.09 Å². The van der Waals surface area contributed by atoms with E-state index >= 15 is 0 Å². The van der Waals surface area contributed by atoms with Crippen molar-refractivity contribution < 1.29 is 9.53 Å². The van der Waals surface area contributed by atoms with Crippen molar-refractivity contribution in [1.29, 1.82) is 0 Å². The van der Waals surface area contributed by atoms with Crippen LogP contribution in [0.15, 0.2) is 0 Å². The van der Waals surface area contributed by atoms with Crippen LogP contribution in [0.3, 0.4) is 0 Å². The molecule has 0 aliphatic heterocycles. The number of ether oxygens (including phenoxy) is 1. The molecule has 90 valence electrons. The summed E-state index contributed by atoms with van der Waals surface area (Å²) in [4.78, 5) is 11.5. The average molecular weight is 327 g/mol. The Morgan fingerprint density at radius 2 is 1.93 bits per heavy atom. The normalized spacial score (nSPS) is 13.8. The highest BCUT2D eigenvalue weighted by molar-refractivity contribution is 14.1. The number of amides is 1. The minimum Gasteiger partial charge on any atom is -0.444 e. The molecule has 3 nitrogen and oxygen atoms in total. The number of hydrogen-bond acceptors (Lipinski definition) is 2. The lowest BCUT2D eigenvalue weighted by atomic mass is 10.1. The van der Waals surface area contributed by atoms with E-state index in [1.807, 2.05) is 20.8 Å². The first-order valence-electron chi connectivity index (χ1n) is 5.30. The maximum absolute atomic E-state index is 11.5. The highest BCUT2D eigenvalue weighted by Gasteiger charge is 2.19. The van der Waals surface area contributed by atoms with Crippen LogP contribution in [-0.2, 0) is 4.74 Å². The average Bonchev–Trinajstić information content (AvgIpc) is 1.98. The molecule has 0 spiro atoms. The number of alkyl halides is 1. The zero-order chi connectivity index (χ0) is 12.1. The van der Waals surface area contributed by atoms with Gasteiger partial charge in [-0.3, -0.25) is 0 Å². The monoisotopic (exact) mass is 327 g/mol. The second kappa shape index (κ2) is 6.55. The Hall–Kier alpha value is 0. The molecule has 1 amide bonds. The van der Waals surface area contributed by atoms with Gasteiger partial charge in [-0.05, 0) is 33.1 Å². The third-order valence-corrected chi connectivity index (χ3v) is 2.73. The molecular formula is C11H22INO2. The van der Waals surface area contributed by atoms with Gasteiger partial charge in [0.05, 0.1) is 0 Å². The Bertz CT molecular complexity index is 199. The van der Waals surface area contributed by atoms with Crippen LogP contribution in [0.1, 0.15) is 41.0 Å². The molecule has 1 atom stereocenters. The number of hydrogen-bond donors (Lipinski definition) is 1. The van der Waals surface area contributed by atoms with Gasteiger partial charge in [0.1, 0.15) is 5.60 Å². The van der Waals surface area contributed by atoms with E-state index in [4.69, 9.17) is 4.74 Å². The van der Waals surface area contributed by atoms with Crippen LogP contribution >= 0.6 is 22.6 Å². The fraction of sp³-hybridized carbons (Fsp3) is 0.909. The van der Waals surface area contributed by atoms with Crippen LogP contribution in [-0.4, -0.2) is 22.2 Å². The van der Waals surface area contributed by atoms with E-state index in [0.717, 1.165) is 10.8 Å². The van der Waals surface area contributed by atoms with Crippen molar-refractivity contribution >= 4 is 28.7 Å². The summed E-state index contributed by atoms with van der Waals surface area (Å²) in [5, 5.41) is 2.89. The van der Waals surface area contributed by atoms with Crippen molar-refractivity contribution in [3.05, 3.63) is 0 Å². The van der Waals surface area contributed by atoms with Crippen molar-refractivity contribution in [3.8, 4) is 0 Å². The summed E-state index contributed by atoms with van der Waals surface area (Å²) in [6.07, 6.45) is 0.673. The Balaban J connectivity index is 4.02. The van der Waals surface area contributed by atoms with Crippen LogP contribution in [0.2, 0.25) is 0 Å². The van der Waals surface area contributed by atoms with Crippen LogP contribution in [0.4, 0.5) is 4.79 Å². The van der Waals surface area contributed by atoms with Gasteiger partial charge in [0, 0.05) is 10.5 Å². The lowest BCUT2D eigenvalue weighted by Gasteiger charge is -2.23.